The Kier molecular flexibility index (Phi) is 9.31. The Morgan fingerprint density at radius 2 is 1.82 bits per heavy atom. The summed E-state index contributed by atoms with van der Waals surface area (Å²) in [6.45, 7) is 5.95. The zero-order valence-corrected chi connectivity index (χ0v) is 24.9. The maximum atomic E-state index is 14.4. The second kappa shape index (κ2) is 13.2. The molecule has 5 rings (SSSR count). The molecule has 3 aliphatic rings. The molecule has 0 bridgehead atoms. The number of hydrogen-bond acceptors (Lipinski definition) is 5. The Balaban J connectivity index is 1.54. The highest BCUT2D eigenvalue weighted by atomic mass is 19.4. The van der Waals surface area contributed by atoms with Gasteiger partial charge in [-0.15, -0.1) is 6.58 Å². The summed E-state index contributed by atoms with van der Waals surface area (Å²) >= 11 is 0. The van der Waals surface area contributed by atoms with Crippen molar-refractivity contribution in [3.63, 3.8) is 0 Å². The first kappa shape index (κ1) is 31.8. The fourth-order valence-corrected chi connectivity index (χ4v) is 6.34. The number of alkyl halides is 3. The summed E-state index contributed by atoms with van der Waals surface area (Å²) in [5.74, 6) is -1.93. The summed E-state index contributed by atoms with van der Waals surface area (Å²) in [6.07, 6.45) is -2.03. The van der Waals surface area contributed by atoms with Gasteiger partial charge in [0.2, 0.25) is 5.91 Å². The van der Waals surface area contributed by atoms with Crippen molar-refractivity contribution in [2.75, 3.05) is 32.8 Å². The number of nitrogens with zero attached hydrogens (tertiary/aromatic N) is 3. The molecule has 0 aliphatic carbocycles. The lowest BCUT2D eigenvalue weighted by Gasteiger charge is -2.37. The van der Waals surface area contributed by atoms with Gasteiger partial charge in [-0.25, -0.2) is 4.79 Å². The zero-order chi connectivity index (χ0) is 32.3. The first-order valence-corrected chi connectivity index (χ1v) is 14.9. The molecule has 1 fully saturated rings. The van der Waals surface area contributed by atoms with Crippen molar-refractivity contribution in [2.45, 2.75) is 44.4 Å². The van der Waals surface area contributed by atoms with Crippen LogP contribution in [0.4, 0.5) is 18.0 Å². The molecular formula is C33H35F3N4O5. The van der Waals surface area contributed by atoms with E-state index in [-0.39, 0.29) is 61.4 Å². The average molecular weight is 625 g/mol. The van der Waals surface area contributed by atoms with Crippen LogP contribution in [-0.4, -0.2) is 77.3 Å². The van der Waals surface area contributed by atoms with Crippen LogP contribution in [0.2, 0.25) is 0 Å². The lowest BCUT2D eigenvalue weighted by molar-refractivity contribution is -0.153. The van der Waals surface area contributed by atoms with Crippen LogP contribution in [0.5, 0.6) is 0 Å². The lowest BCUT2D eigenvalue weighted by atomic mass is 9.91. The van der Waals surface area contributed by atoms with Gasteiger partial charge in [-0.1, -0.05) is 54.6 Å². The van der Waals surface area contributed by atoms with E-state index in [0.29, 0.717) is 19.4 Å². The molecule has 1 N–H and O–H groups in total. The minimum absolute atomic E-state index is 0.00404. The number of esters is 1. The molecule has 45 heavy (non-hydrogen) atoms. The van der Waals surface area contributed by atoms with E-state index in [1.807, 2.05) is 30.3 Å². The van der Waals surface area contributed by atoms with Gasteiger partial charge in [0.15, 0.2) is 0 Å². The summed E-state index contributed by atoms with van der Waals surface area (Å²) < 4.78 is 47.5. The Labute approximate surface area is 259 Å². The summed E-state index contributed by atoms with van der Waals surface area (Å²) in [5.41, 5.74) is -0.274. The third kappa shape index (κ3) is 6.45. The SMILES string of the molecule is C=CCN1C(=O)N[C@H](c2ccccc2C(F)(F)F)C2=C1CN([C@@H](Cc1ccccc1)C(=O)N1CCC[C@H](C(=O)OCC)C1)C2=O. The van der Waals surface area contributed by atoms with Gasteiger partial charge in [0.1, 0.15) is 6.04 Å². The number of urea groups is 1. The second-order valence-electron chi connectivity index (χ2n) is 11.2. The first-order chi connectivity index (χ1) is 21.5. The molecule has 238 valence electrons. The number of carbonyl (C=O) groups excluding carboxylic acids is 4. The summed E-state index contributed by atoms with van der Waals surface area (Å²) in [4.78, 5) is 58.6. The standard InChI is InChI=1S/C33H35F3N4O5/c1-3-16-39-26-20-40(30(42)27(26)28(37-32(39)44)23-14-8-9-15-24(23)33(34,35)36)25(18-21-11-6-5-7-12-21)29(41)38-17-10-13-22(19-38)31(43)45-4-2/h3,5-9,11-12,14-15,22,25,28H,1,4,10,13,16-20H2,2H3,(H,37,44)/t22-,25-,28+/m0/s1. The Morgan fingerprint density at radius 1 is 1.11 bits per heavy atom. The number of rotatable bonds is 9. The van der Waals surface area contributed by atoms with Gasteiger partial charge in [-0.05, 0) is 37.0 Å². The van der Waals surface area contributed by atoms with Gasteiger partial charge in [-0.2, -0.15) is 13.2 Å². The van der Waals surface area contributed by atoms with Crippen LogP contribution < -0.4 is 5.32 Å². The maximum Gasteiger partial charge on any atom is 0.416 e. The number of benzene rings is 2. The van der Waals surface area contributed by atoms with Crippen molar-refractivity contribution in [1.29, 1.82) is 0 Å². The van der Waals surface area contributed by atoms with Gasteiger partial charge in [0.25, 0.3) is 5.91 Å². The minimum atomic E-state index is -4.74. The predicted molar refractivity (Wildman–Crippen MR) is 158 cm³/mol. The van der Waals surface area contributed by atoms with E-state index in [1.165, 1.54) is 34.1 Å². The van der Waals surface area contributed by atoms with E-state index < -0.39 is 41.7 Å². The second-order valence-corrected chi connectivity index (χ2v) is 11.2. The molecule has 9 nitrogen and oxygen atoms in total. The molecule has 12 heteroatoms. The van der Waals surface area contributed by atoms with Crippen LogP contribution in [0.3, 0.4) is 0 Å². The van der Waals surface area contributed by atoms with Gasteiger partial charge in [-0.3, -0.25) is 19.3 Å². The molecule has 4 amide bonds. The van der Waals surface area contributed by atoms with Crippen molar-refractivity contribution < 1.29 is 37.1 Å². The van der Waals surface area contributed by atoms with Crippen LogP contribution in [0.25, 0.3) is 0 Å². The number of carbonyl (C=O) groups is 4. The highest BCUT2D eigenvalue weighted by Crippen LogP contribution is 2.42. The fourth-order valence-electron chi connectivity index (χ4n) is 6.34. The largest absolute Gasteiger partial charge is 0.466 e. The number of piperidine rings is 1. The van der Waals surface area contributed by atoms with Gasteiger partial charge >= 0.3 is 18.2 Å². The molecule has 0 unspecified atom stereocenters. The first-order valence-electron chi connectivity index (χ1n) is 14.9. The van der Waals surface area contributed by atoms with Gasteiger partial charge in [0.05, 0.1) is 41.9 Å². The van der Waals surface area contributed by atoms with Crippen molar-refractivity contribution >= 4 is 23.8 Å². The number of halogens is 3. The highest BCUT2D eigenvalue weighted by molar-refractivity contribution is 6.04. The topological polar surface area (TPSA) is 99.3 Å². The smallest absolute Gasteiger partial charge is 0.416 e. The third-order valence-electron chi connectivity index (χ3n) is 8.42. The molecule has 0 spiro atoms. The predicted octanol–water partition coefficient (Wildman–Crippen LogP) is 4.47. The number of hydrogen-bond donors (Lipinski definition) is 1. The quantitative estimate of drug-likeness (QED) is 0.328. The molecule has 0 radical (unpaired) electrons. The fraction of sp³-hybridized carbons (Fsp3) is 0.394. The van der Waals surface area contributed by atoms with E-state index >= 15 is 0 Å². The van der Waals surface area contributed by atoms with Crippen molar-refractivity contribution in [3.05, 3.63) is 95.2 Å². The highest BCUT2D eigenvalue weighted by Gasteiger charge is 2.49. The van der Waals surface area contributed by atoms with Gasteiger partial charge in [0, 0.05) is 26.1 Å². The molecular weight excluding hydrogens is 589 g/mol. The van der Waals surface area contributed by atoms with Crippen molar-refractivity contribution in [1.82, 2.24) is 20.0 Å². The average Bonchev–Trinajstić information content (AvgIpc) is 3.37. The van der Waals surface area contributed by atoms with E-state index in [4.69, 9.17) is 4.74 Å². The van der Waals surface area contributed by atoms with Crippen molar-refractivity contribution in [3.8, 4) is 0 Å². The van der Waals surface area contributed by atoms with Gasteiger partial charge < -0.3 is 19.9 Å². The number of likely N-dealkylation sites (tertiary alicyclic amines) is 1. The van der Waals surface area contributed by atoms with Crippen LogP contribution in [0, 0.1) is 5.92 Å². The molecule has 0 aromatic heterocycles. The normalized spacial score (nSPS) is 20.9. The lowest BCUT2D eigenvalue weighted by Crippen LogP contribution is -2.54. The third-order valence-corrected chi connectivity index (χ3v) is 8.42. The molecule has 3 aliphatic heterocycles. The van der Waals surface area contributed by atoms with E-state index in [2.05, 4.69) is 11.9 Å². The molecule has 2 aromatic rings. The number of nitrogens with one attached hydrogen (secondary N) is 1. The zero-order valence-electron chi connectivity index (χ0n) is 24.9. The summed E-state index contributed by atoms with van der Waals surface area (Å²) in [6, 6.07) is 10.8. The van der Waals surface area contributed by atoms with E-state index in [9.17, 15) is 32.3 Å². The monoisotopic (exact) mass is 624 g/mol. The van der Waals surface area contributed by atoms with Crippen molar-refractivity contribution in [2.24, 2.45) is 5.92 Å². The Morgan fingerprint density at radius 3 is 2.51 bits per heavy atom. The maximum absolute atomic E-state index is 14.4. The summed E-state index contributed by atoms with van der Waals surface area (Å²) in [5, 5.41) is 2.60. The molecule has 3 atom stereocenters. The number of ether oxygens (including phenoxy) is 1. The molecule has 1 saturated heterocycles. The van der Waals surface area contributed by atoms with E-state index in [1.54, 1.807) is 11.8 Å². The van der Waals surface area contributed by atoms with Crippen LogP contribution in [0.1, 0.15) is 42.5 Å². The Bertz CT molecular complexity index is 1510. The van der Waals surface area contributed by atoms with Crippen LogP contribution in [0.15, 0.2) is 78.5 Å². The minimum Gasteiger partial charge on any atom is -0.466 e. The Hall–Kier alpha value is -4.61. The van der Waals surface area contributed by atoms with E-state index in [0.717, 1.165) is 11.6 Å². The summed E-state index contributed by atoms with van der Waals surface area (Å²) in [7, 11) is 0. The molecule has 0 saturated carbocycles. The van der Waals surface area contributed by atoms with Crippen LogP contribution >= 0.6 is 0 Å². The number of amides is 4. The van der Waals surface area contributed by atoms with Crippen LogP contribution in [-0.2, 0) is 31.7 Å². The molecule has 2 aromatic carbocycles. The molecule has 3 heterocycles.